The minimum absolute atomic E-state index is 0.211. The predicted octanol–water partition coefficient (Wildman–Crippen LogP) is 2.98. The van der Waals surface area contributed by atoms with Gasteiger partial charge in [-0.15, -0.1) is 0 Å². The van der Waals surface area contributed by atoms with Crippen LogP contribution < -0.4 is 10.1 Å². The van der Waals surface area contributed by atoms with Crippen LogP contribution in [0.4, 0.5) is 0 Å². The second-order valence-electron chi connectivity index (χ2n) is 5.02. The highest BCUT2D eigenvalue weighted by Gasteiger charge is 2.27. The minimum Gasteiger partial charge on any atom is -0.489 e. The fourth-order valence-corrected chi connectivity index (χ4v) is 2.04. The molecule has 2 N–H and O–H groups in total. The van der Waals surface area contributed by atoms with Gasteiger partial charge in [0.1, 0.15) is 18.0 Å². The van der Waals surface area contributed by atoms with E-state index >= 15 is 0 Å². The monoisotopic (exact) mass is 333 g/mol. The number of rotatable bonds is 6. The fourth-order valence-electron chi connectivity index (χ4n) is 1.52. The lowest BCUT2D eigenvalue weighted by Crippen LogP contribution is -2.43. The third-order valence-electron chi connectivity index (χ3n) is 2.78. The molecule has 0 bridgehead atoms. The number of halogens is 2. The van der Waals surface area contributed by atoms with Gasteiger partial charge in [0.25, 0.3) is 0 Å². The number of aliphatic hydroxyl groups is 1. The van der Waals surface area contributed by atoms with Crippen molar-refractivity contribution < 1.29 is 9.84 Å². The van der Waals surface area contributed by atoms with Gasteiger partial charge in [0.15, 0.2) is 0 Å². The highest BCUT2D eigenvalue weighted by Crippen LogP contribution is 2.28. The Morgan fingerprint density at radius 3 is 2.94 bits per heavy atom. The summed E-state index contributed by atoms with van der Waals surface area (Å²) in [5, 5.41) is 14.0. The first kappa shape index (κ1) is 14.1. The Kier molecular flexibility index (Phi) is 4.54. The van der Waals surface area contributed by atoms with E-state index in [2.05, 4.69) is 21.2 Å². The van der Waals surface area contributed by atoms with E-state index in [1.807, 2.05) is 6.07 Å². The van der Waals surface area contributed by atoms with Gasteiger partial charge in [-0.1, -0.05) is 27.5 Å². The highest BCUT2D eigenvalue weighted by molar-refractivity contribution is 9.10. The molecule has 0 saturated heterocycles. The molecule has 1 unspecified atom stereocenters. The van der Waals surface area contributed by atoms with Gasteiger partial charge >= 0.3 is 0 Å². The first-order chi connectivity index (χ1) is 8.46. The predicted molar refractivity (Wildman–Crippen MR) is 76.3 cm³/mol. The number of nitrogens with one attached hydrogen (secondary N) is 1. The zero-order chi connectivity index (χ0) is 13.2. The van der Waals surface area contributed by atoms with Crippen molar-refractivity contribution in [3.05, 3.63) is 27.7 Å². The molecule has 1 saturated carbocycles. The molecule has 100 valence electrons. The molecular formula is C13H17BrClNO2. The summed E-state index contributed by atoms with van der Waals surface area (Å²) in [6.45, 7) is 2.50. The summed E-state index contributed by atoms with van der Waals surface area (Å²) < 4.78 is 6.48. The molecule has 3 nitrogen and oxygen atoms in total. The van der Waals surface area contributed by atoms with Crippen molar-refractivity contribution in [3.8, 4) is 5.75 Å². The van der Waals surface area contributed by atoms with Crippen LogP contribution in [0, 0.1) is 0 Å². The standard InChI is InChI=1S/C13H17BrClNO2/c1-13(17,7-16-10-3-4-10)8-18-12-6-9(14)2-5-11(12)15/h2,5-6,10,16-17H,3-4,7-8H2,1H3. The summed E-state index contributed by atoms with van der Waals surface area (Å²) in [6.07, 6.45) is 2.41. The Morgan fingerprint density at radius 2 is 2.28 bits per heavy atom. The van der Waals surface area contributed by atoms with Crippen LogP contribution in [-0.2, 0) is 0 Å². The first-order valence-corrected chi connectivity index (χ1v) is 7.17. The molecule has 1 aliphatic carbocycles. The van der Waals surface area contributed by atoms with Gasteiger partial charge in [0, 0.05) is 17.1 Å². The second-order valence-corrected chi connectivity index (χ2v) is 6.34. The van der Waals surface area contributed by atoms with Crippen molar-refractivity contribution in [2.24, 2.45) is 0 Å². The Labute approximate surface area is 121 Å². The molecule has 0 radical (unpaired) electrons. The number of hydrogen-bond donors (Lipinski definition) is 2. The van der Waals surface area contributed by atoms with Crippen molar-refractivity contribution in [2.45, 2.75) is 31.4 Å². The van der Waals surface area contributed by atoms with E-state index in [9.17, 15) is 5.11 Å². The summed E-state index contributed by atoms with van der Waals surface area (Å²) in [6, 6.07) is 5.98. The van der Waals surface area contributed by atoms with E-state index in [1.54, 1.807) is 19.1 Å². The van der Waals surface area contributed by atoms with Gasteiger partial charge in [0.05, 0.1) is 5.02 Å². The van der Waals surface area contributed by atoms with Crippen molar-refractivity contribution >= 4 is 27.5 Å². The maximum absolute atomic E-state index is 10.2. The normalized spacial score (nSPS) is 18.4. The van der Waals surface area contributed by atoms with Crippen molar-refractivity contribution in [3.63, 3.8) is 0 Å². The summed E-state index contributed by atoms with van der Waals surface area (Å²) in [4.78, 5) is 0. The van der Waals surface area contributed by atoms with Crippen molar-refractivity contribution in [1.82, 2.24) is 5.32 Å². The van der Waals surface area contributed by atoms with E-state index in [4.69, 9.17) is 16.3 Å². The van der Waals surface area contributed by atoms with Gasteiger partial charge in [-0.05, 0) is 38.0 Å². The van der Waals surface area contributed by atoms with Crippen LogP contribution >= 0.6 is 27.5 Å². The smallest absolute Gasteiger partial charge is 0.139 e. The van der Waals surface area contributed by atoms with E-state index < -0.39 is 5.60 Å². The molecular weight excluding hydrogens is 318 g/mol. The van der Waals surface area contributed by atoms with Gasteiger partial charge < -0.3 is 15.2 Å². The molecule has 1 atom stereocenters. The third kappa shape index (κ3) is 4.43. The van der Waals surface area contributed by atoms with Gasteiger partial charge in [-0.3, -0.25) is 0 Å². The molecule has 1 aliphatic rings. The Hall–Kier alpha value is -0.290. The maximum Gasteiger partial charge on any atom is 0.139 e. The average molecular weight is 335 g/mol. The molecule has 1 aromatic rings. The minimum atomic E-state index is -0.895. The molecule has 0 heterocycles. The lowest BCUT2D eigenvalue weighted by atomic mass is 10.1. The molecule has 1 aromatic carbocycles. The van der Waals surface area contributed by atoms with Crippen LogP contribution in [0.1, 0.15) is 19.8 Å². The van der Waals surface area contributed by atoms with Crippen LogP contribution in [0.15, 0.2) is 22.7 Å². The SMILES string of the molecule is CC(O)(CNC1CC1)COc1cc(Br)ccc1Cl. The molecule has 1 fully saturated rings. The highest BCUT2D eigenvalue weighted by atomic mass is 79.9. The lowest BCUT2D eigenvalue weighted by molar-refractivity contribution is 0.0120. The Morgan fingerprint density at radius 1 is 1.56 bits per heavy atom. The van der Waals surface area contributed by atoms with E-state index in [-0.39, 0.29) is 6.61 Å². The van der Waals surface area contributed by atoms with E-state index in [0.717, 1.165) is 4.47 Å². The zero-order valence-electron chi connectivity index (χ0n) is 10.2. The van der Waals surface area contributed by atoms with Crippen LogP contribution in [0.2, 0.25) is 5.02 Å². The summed E-state index contributed by atoms with van der Waals surface area (Å²) >= 11 is 9.38. The van der Waals surface area contributed by atoms with Gasteiger partial charge in [-0.2, -0.15) is 0 Å². The van der Waals surface area contributed by atoms with Crippen LogP contribution in [0.5, 0.6) is 5.75 Å². The summed E-state index contributed by atoms with van der Waals surface area (Å²) in [7, 11) is 0. The van der Waals surface area contributed by atoms with Crippen molar-refractivity contribution in [2.75, 3.05) is 13.2 Å². The molecule has 0 spiro atoms. The Balaban J connectivity index is 1.86. The lowest BCUT2D eigenvalue weighted by Gasteiger charge is -2.24. The quantitative estimate of drug-likeness (QED) is 0.840. The molecule has 5 heteroatoms. The number of hydrogen-bond acceptors (Lipinski definition) is 3. The third-order valence-corrected chi connectivity index (χ3v) is 3.59. The first-order valence-electron chi connectivity index (χ1n) is 6.00. The maximum atomic E-state index is 10.2. The van der Waals surface area contributed by atoms with Crippen LogP contribution in [0.25, 0.3) is 0 Å². The Bertz CT molecular complexity index is 421. The van der Waals surface area contributed by atoms with E-state index in [1.165, 1.54) is 12.8 Å². The van der Waals surface area contributed by atoms with Crippen LogP contribution in [0.3, 0.4) is 0 Å². The van der Waals surface area contributed by atoms with Crippen LogP contribution in [-0.4, -0.2) is 29.9 Å². The summed E-state index contributed by atoms with van der Waals surface area (Å²) in [5.74, 6) is 0.581. The van der Waals surface area contributed by atoms with Gasteiger partial charge in [-0.25, -0.2) is 0 Å². The number of benzene rings is 1. The van der Waals surface area contributed by atoms with Crippen molar-refractivity contribution in [1.29, 1.82) is 0 Å². The fraction of sp³-hybridized carbons (Fsp3) is 0.538. The zero-order valence-corrected chi connectivity index (χ0v) is 12.6. The average Bonchev–Trinajstić information content (AvgIpc) is 3.12. The molecule has 18 heavy (non-hydrogen) atoms. The molecule has 0 amide bonds. The summed E-state index contributed by atoms with van der Waals surface area (Å²) in [5.41, 5.74) is -0.895. The molecule has 0 aromatic heterocycles. The largest absolute Gasteiger partial charge is 0.489 e. The van der Waals surface area contributed by atoms with E-state index in [0.29, 0.717) is 23.4 Å². The molecule has 2 rings (SSSR count). The number of ether oxygens (including phenoxy) is 1. The second kappa shape index (κ2) is 5.78. The molecule has 0 aliphatic heterocycles. The topological polar surface area (TPSA) is 41.5 Å². The van der Waals surface area contributed by atoms with Gasteiger partial charge in [0.2, 0.25) is 0 Å².